The van der Waals surface area contributed by atoms with Crippen LogP contribution in [0.25, 0.3) is 5.69 Å². The molecule has 0 aliphatic carbocycles. The van der Waals surface area contributed by atoms with Crippen LogP contribution in [0.3, 0.4) is 0 Å². The number of carbonyl (C=O) groups is 1. The summed E-state index contributed by atoms with van der Waals surface area (Å²) in [5.41, 5.74) is 1.54. The number of benzene rings is 1. The number of amides is 1. The Hall–Kier alpha value is -4.13. The van der Waals surface area contributed by atoms with Crippen LogP contribution in [-0.2, 0) is 11.2 Å². The minimum absolute atomic E-state index is 0.416. The molecule has 182 valence electrons. The van der Waals surface area contributed by atoms with E-state index in [0.29, 0.717) is 35.7 Å². The molecule has 1 aliphatic rings. The SMILES string of the molecule is CC(C)(C)OC(=O)NCCc1cnn(-c2ccc(C#N)cc2Oc2cnnc(N3CCCC3)c2)c1. The summed E-state index contributed by atoms with van der Waals surface area (Å²) in [5.74, 6) is 1.79. The van der Waals surface area contributed by atoms with E-state index in [1.54, 1.807) is 35.3 Å². The van der Waals surface area contributed by atoms with E-state index in [1.165, 1.54) is 0 Å². The predicted octanol–water partition coefficient (Wildman–Crippen LogP) is 3.99. The van der Waals surface area contributed by atoms with Crippen LogP contribution in [0.5, 0.6) is 11.5 Å². The Morgan fingerprint density at radius 2 is 2.00 bits per heavy atom. The number of nitrogens with zero attached hydrogens (tertiary/aromatic N) is 6. The highest BCUT2D eigenvalue weighted by molar-refractivity contribution is 5.67. The molecule has 3 heterocycles. The molecule has 0 unspecified atom stereocenters. The van der Waals surface area contributed by atoms with Gasteiger partial charge < -0.3 is 19.7 Å². The minimum Gasteiger partial charge on any atom is -0.453 e. The molecule has 3 aromatic rings. The Labute approximate surface area is 204 Å². The second-order valence-electron chi connectivity index (χ2n) is 9.31. The summed E-state index contributed by atoms with van der Waals surface area (Å²) in [5, 5.41) is 24.9. The number of hydrogen-bond donors (Lipinski definition) is 1. The van der Waals surface area contributed by atoms with Crippen molar-refractivity contribution in [1.82, 2.24) is 25.3 Å². The maximum atomic E-state index is 11.9. The lowest BCUT2D eigenvalue weighted by Crippen LogP contribution is -2.33. The molecule has 0 spiro atoms. The van der Waals surface area contributed by atoms with Crippen molar-refractivity contribution >= 4 is 11.9 Å². The van der Waals surface area contributed by atoms with Crippen LogP contribution in [0.4, 0.5) is 10.6 Å². The molecule has 2 aromatic heterocycles. The molecule has 0 radical (unpaired) electrons. The van der Waals surface area contributed by atoms with Crippen LogP contribution in [0.2, 0.25) is 0 Å². The van der Waals surface area contributed by atoms with Crippen molar-refractivity contribution in [2.24, 2.45) is 0 Å². The zero-order chi connectivity index (χ0) is 24.8. The molecule has 1 fully saturated rings. The average Bonchev–Trinajstić information content (AvgIpc) is 3.51. The Morgan fingerprint density at radius 1 is 1.20 bits per heavy atom. The first kappa shape index (κ1) is 24.0. The minimum atomic E-state index is -0.541. The van der Waals surface area contributed by atoms with E-state index in [1.807, 2.05) is 33.0 Å². The predicted molar refractivity (Wildman–Crippen MR) is 130 cm³/mol. The van der Waals surface area contributed by atoms with Crippen molar-refractivity contribution in [3.05, 3.63) is 54.0 Å². The summed E-state index contributed by atoms with van der Waals surface area (Å²) in [6, 6.07) is 9.19. The zero-order valence-corrected chi connectivity index (χ0v) is 20.2. The van der Waals surface area contributed by atoms with Crippen LogP contribution < -0.4 is 15.0 Å². The van der Waals surface area contributed by atoms with Crippen molar-refractivity contribution in [2.75, 3.05) is 24.5 Å². The van der Waals surface area contributed by atoms with Gasteiger partial charge in [0.2, 0.25) is 0 Å². The van der Waals surface area contributed by atoms with Crippen LogP contribution >= 0.6 is 0 Å². The van der Waals surface area contributed by atoms with Crippen molar-refractivity contribution < 1.29 is 14.3 Å². The smallest absolute Gasteiger partial charge is 0.407 e. The molecule has 0 bridgehead atoms. The number of aromatic nitrogens is 4. The number of alkyl carbamates (subject to hydrolysis) is 1. The highest BCUT2D eigenvalue weighted by Gasteiger charge is 2.17. The van der Waals surface area contributed by atoms with Gasteiger partial charge in [0.1, 0.15) is 11.3 Å². The Bertz CT molecular complexity index is 1220. The van der Waals surface area contributed by atoms with Crippen LogP contribution in [0.15, 0.2) is 42.9 Å². The van der Waals surface area contributed by atoms with Gasteiger partial charge in [-0.15, -0.1) is 5.10 Å². The molecule has 1 aromatic carbocycles. The fraction of sp³-hybridized carbons (Fsp3) is 0.400. The second kappa shape index (κ2) is 10.4. The van der Waals surface area contributed by atoms with E-state index in [9.17, 15) is 10.1 Å². The van der Waals surface area contributed by atoms with Gasteiger partial charge >= 0.3 is 6.09 Å². The Morgan fingerprint density at radius 3 is 2.74 bits per heavy atom. The number of carbonyl (C=O) groups excluding carboxylic acids is 1. The van der Waals surface area contributed by atoms with Gasteiger partial charge in [0, 0.05) is 38.0 Å². The fourth-order valence-electron chi connectivity index (χ4n) is 3.72. The van der Waals surface area contributed by atoms with Crippen molar-refractivity contribution in [2.45, 2.75) is 45.6 Å². The largest absolute Gasteiger partial charge is 0.453 e. The lowest BCUT2D eigenvalue weighted by Gasteiger charge is -2.19. The standard InChI is InChI=1S/C25H29N7O3/c1-25(2,3)35-24(33)27-9-8-19-15-29-32(17-19)21-7-6-18(14-26)12-22(21)34-20-13-23(30-28-16-20)31-10-4-5-11-31/h6-7,12-13,15-17H,4-5,8-11H2,1-3H3,(H,27,33). The fourth-order valence-corrected chi connectivity index (χ4v) is 3.72. The molecule has 1 aliphatic heterocycles. The number of nitrogens with one attached hydrogen (secondary N) is 1. The topological polar surface area (TPSA) is 118 Å². The highest BCUT2D eigenvalue weighted by Crippen LogP contribution is 2.31. The molecular weight excluding hydrogens is 446 g/mol. The van der Waals surface area contributed by atoms with Gasteiger partial charge in [0.05, 0.1) is 24.0 Å². The number of rotatable bonds is 7. The summed E-state index contributed by atoms with van der Waals surface area (Å²) in [7, 11) is 0. The third kappa shape index (κ3) is 6.47. The Kier molecular flexibility index (Phi) is 7.15. The maximum Gasteiger partial charge on any atom is 0.407 e. The molecule has 10 nitrogen and oxygen atoms in total. The van der Waals surface area contributed by atoms with E-state index in [0.717, 1.165) is 37.3 Å². The summed E-state index contributed by atoms with van der Waals surface area (Å²) in [6.07, 6.45) is 7.56. The normalized spacial score (nSPS) is 13.4. The molecule has 4 rings (SSSR count). The second-order valence-corrected chi connectivity index (χ2v) is 9.31. The number of hydrogen-bond acceptors (Lipinski definition) is 8. The van der Waals surface area contributed by atoms with E-state index < -0.39 is 11.7 Å². The molecule has 35 heavy (non-hydrogen) atoms. The van der Waals surface area contributed by atoms with Gasteiger partial charge in [-0.05, 0) is 57.7 Å². The maximum absolute atomic E-state index is 11.9. The van der Waals surface area contributed by atoms with E-state index in [2.05, 4.69) is 31.6 Å². The average molecular weight is 476 g/mol. The van der Waals surface area contributed by atoms with Gasteiger partial charge in [-0.2, -0.15) is 15.5 Å². The summed E-state index contributed by atoms with van der Waals surface area (Å²) in [6.45, 7) is 7.78. The highest BCUT2D eigenvalue weighted by atomic mass is 16.6. The third-order valence-corrected chi connectivity index (χ3v) is 5.33. The lowest BCUT2D eigenvalue weighted by molar-refractivity contribution is 0.0528. The van der Waals surface area contributed by atoms with E-state index in [-0.39, 0.29) is 0 Å². The van der Waals surface area contributed by atoms with Crippen LogP contribution in [0.1, 0.15) is 44.7 Å². The van der Waals surface area contributed by atoms with Crippen molar-refractivity contribution in [3.63, 3.8) is 0 Å². The first-order valence-electron chi connectivity index (χ1n) is 11.6. The van der Waals surface area contributed by atoms with E-state index in [4.69, 9.17) is 9.47 Å². The molecule has 0 atom stereocenters. The quantitative estimate of drug-likeness (QED) is 0.545. The molecule has 0 saturated carbocycles. The first-order valence-corrected chi connectivity index (χ1v) is 11.6. The third-order valence-electron chi connectivity index (χ3n) is 5.33. The van der Waals surface area contributed by atoms with Crippen molar-refractivity contribution in [1.29, 1.82) is 5.26 Å². The Balaban J connectivity index is 1.48. The van der Waals surface area contributed by atoms with Gasteiger partial charge in [0.15, 0.2) is 17.3 Å². The summed E-state index contributed by atoms with van der Waals surface area (Å²) < 4.78 is 13.1. The molecule has 10 heteroatoms. The lowest BCUT2D eigenvalue weighted by atomic mass is 10.2. The van der Waals surface area contributed by atoms with Crippen molar-refractivity contribution in [3.8, 4) is 23.3 Å². The number of ether oxygens (including phenoxy) is 2. The van der Waals surface area contributed by atoms with Gasteiger partial charge in [-0.25, -0.2) is 9.48 Å². The zero-order valence-electron chi connectivity index (χ0n) is 20.2. The van der Waals surface area contributed by atoms with Gasteiger partial charge in [0.25, 0.3) is 0 Å². The van der Waals surface area contributed by atoms with Crippen LogP contribution in [-0.4, -0.2) is 51.3 Å². The van der Waals surface area contributed by atoms with E-state index >= 15 is 0 Å². The number of nitriles is 1. The molecule has 1 saturated heterocycles. The van der Waals surface area contributed by atoms with Gasteiger partial charge in [-0.3, -0.25) is 0 Å². The van der Waals surface area contributed by atoms with Gasteiger partial charge in [-0.1, -0.05) is 0 Å². The molecular formula is C25H29N7O3. The number of anilines is 1. The monoisotopic (exact) mass is 475 g/mol. The first-order chi connectivity index (χ1) is 16.8. The molecule has 1 amide bonds. The summed E-state index contributed by atoms with van der Waals surface area (Å²) >= 11 is 0. The molecule has 1 N–H and O–H groups in total. The van der Waals surface area contributed by atoms with Crippen LogP contribution in [0, 0.1) is 11.3 Å². The summed E-state index contributed by atoms with van der Waals surface area (Å²) in [4.78, 5) is 14.0.